The topological polar surface area (TPSA) is 111 Å². The first kappa shape index (κ1) is 23.6. The zero-order valence-electron chi connectivity index (χ0n) is 19.1. The van der Waals surface area contributed by atoms with Gasteiger partial charge < -0.3 is 10.4 Å². The molecule has 2 atom stereocenters. The molecular formula is C26H23F2N5O3. The quantitative estimate of drug-likeness (QED) is 0.377. The number of fused-ring (bicyclic) bond motifs is 1. The third-order valence-electron chi connectivity index (χ3n) is 6.44. The third-order valence-corrected chi connectivity index (χ3v) is 6.44. The highest BCUT2D eigenvalue weighted by atomic mass is 19.1. The molecule has 1 saturated heterocycles. The Kier molecular flexibility index (Phi) is 6.43. The summed E-state index contributed by atoms with van der Waals surface area (Å²) in [5.74, 6) is -3.49. The fourth-order valence-electron chi connectivity index (χ4n) is 4.75. The molecule has 1 aliphatic rings. The number of piperidine rings is 1. The van der Waals surface area contributed by atoms with E-state index in [1.165, 1.54) is 11.0 Å². The monoisotopic (exact) mass is 491 g/mol. The van der Waals surface area contributed by atoms with Crippen LogP contribution in [0.2, 0.25) is 0 Å². The molecule has 10 heteroatoms. The maximum Gasteiger partial charge on any atom is 0.325 e. The average molecular weight is 491 g/mol. The number of nitrogens with zero attached hydrogens (tertiary/aromatic N) is 3. The van der Waals surface area contributed by atoms with E-state index in [2.05, 4.69) is 20.5 Å². The van der Waals surface area contributed by atoms with E-state index < -0.39 is 29.2 Å². The number of carbonyl (C=O) groups excluding carboxylic acids is 1. The summed E-state index contributed by atoms with van der Waals surface area (Å²) in [5, 5.41) is 20.9. The number of nitrogens with one attached hydrogen (secondary N) is 2. The van der Waals surface area contributed by atoms with E-state index in [-0.39, 0.29) is 18.5 Å². The first-order chi connectivity index (χ1) is 17.4. The molecule has 0 bridgehead atoms. The van der Waals surface area contributed by atoms with Crippen LogP contribution in [0.4, 0.5) is 8.78 Å². The van der Waals surface area contributed by atoms with E-state index in [9.17, 15) is 23.5 Å². The number of aromatic amines is 1. The van der Waals surface area contributed by atoms with E-state index in [0.29, 0.717) is 30.6 Å². The molecule has 3 heterocycles. The molecule has 2 aromatic heterocycles. The van der Waals surface area contributed by atoms with Crippen LogP contribution in [-0.2, 0) is 4.79 Å². The van der Waals surface area contributed by atoms with Crippen molar-refractivity contribution in [3.8, 4) is 11.3 Å². The second kappa shape index (κ2) is 9.82. The summed E-state index contributed by atoms with van der Waals surface area (Å²) in [6.45, 7) is 0.486. The number of likely N-dealkylation sites (tertiary alicyclic amines) is 1. The zero-order valence-corrected chi connectivity index (χ0v) is 19.1. The van der Waals surface area contributed by atoms with Crippen LogP contribution in [0.1, 0.15) is 34.8 Å². The molecule has 8 nitrogen and oxygen atoms in total. The highest BCUT2D eigenvalue weighted by Gasteiger charge is 2.35. The van der Waals surface area contributed by atoms with Crippen LogP contribution in [0.5, 0.6) is 0 Å². The molecule has 36 heavy (non-hydrogen) atoms. The Hall–Kier alpha value is -4.18. The average Bonchev–Trinajstić information content (AvgIpc) is 3.30. The minimum Gasteiger partial charge on any atom is -0.480 e. The van der Waals surface area contributed by atoms with Gasteiger partial charge in [-0.15, -0.1) is 0 Å². The van der Waals surface area contributed by atoms with Crippen LogP contribution in [0.3, 0.4) is 0 Å². The van der Waals surface area contributed by atoms with E-state index in [1.54, 1.807) is 30.6 Å². The summed E-state index contributed by atoms with van der Waals surface area (Å²) < 4.78 is 28.8. The Bertz CT molecular complexity index is 1410. The molecule has 0 spiro atoms. The summed E-state index contributed by atoms with van der Waals surface area (Å²) in [5.41, 5.74) is 2.26. The van der Waals surface area contributed by atoms with Gasteiger partial charge in [-0.25, -0.2) is 8.78 Å². The van der Waals surface area contributed by atoms with Crippen molar-refractivity contribution in [2.24, 2.45) is 0 Å². The Morgan fingerprint density at radius 2 is 1.86 bits per heavy atom. The maximum atomic E-state index is 14.4. The Labute approximate surface area is 205 Å². The van der Waals surface area contributed by atoms with Gasteiger partial charge in [-0.05, 0) is 61.9 Å². The molecule has 184 valence electrons. The number of amides is 1. The molecule has 1 aliphatic heterocycles. The van der Waals surface area contributed by atoms with Crippen molar-refractivity contribution in [2.45, 2.75) is 24.9 Å². The highest BCUT2D eigenvalue weighted by molar-refractivity contribution is 6.01. The molecule has 5 rings (SSSR count). The van der Waals surface area contributed by atoms with Crippen LogP contribution in [0.25, 0.3) is 22.2 Å². The number of benzene rings is 2. The number of H-pyrrole nitrogens is 1. The number of carboxylic acid groups (broad SMARTS) is 1. The number of carbonyl (C=O) groups is 2. The molecular weight excluding hydrogens is 468 g/mol. The van der Waals surface area contributed by atoms with Crippen LogP contribution in [-0.4, -0.2) is 56.2 Å². The van der Waals surface area contributed by atoms with Gasteiger partial charge in [0.25, 0.3) is 5.91 Å². The van der Waals surface area contributed by atoms with Gasteiger partial charge >= 0.3 is 5.97 Å². The largest absolute Gasteiger partial charge is 0.480 e. The summed E-state index contributed by atoms with van der Waals surface area (Å²) in [4.78, 5) is 30.7. The van der Waals surface area contributed by atoms with E-state index >= 15 is 0 Å². The summed E-state index contributed by atoms with van der Waals surface area (Å²) in [6, 6.07) is 10.3. The van der Waals surface area contributed by atoms with Crippen LogP contribution in [0, 0.1) is 11.6 Å². The third kappa shape index (κ3) is 4.55. The maximum absolute atomic E-state index is 14.4. The number of carboxylic acids is 1. The molecule has 0 saturated carbocycles. The first-order valence-electron chi connectivity index (χ1n) is 11.5. The second-order valence-corrected chi connectivity index (χ2v) is 8.75. The molecule has 1 amide bonds. The SMILES string of the molecule is O=C(N[C@@H]1CCCN(C(C(=O)O)c2c(F)cccc2F)C1)c1ccc2[nH]nc(-c3ccncc3)c2c1. The summed E-state index contributed by atoms with van der Waals surface area (Å²) in [7, 11) is 0. The van der Waals surface area contributed by atoms with Gasteiger partial charge in [-0.3, -0.25) is 24.6 Å². The standard InChI is InChI=1S/C26H23F2N5O3/c27-19-4-1-5-20(28)22(19)24(26(35)36)33-12-2-3-17(14-33)30-25(34)16-6-7-21-18(13-16)23(32-31-21)15-8-10-29-11-9-15/h1,4-11,13,17,24H,2-3,12,14H2,(H,30,34)(H,31,32)(H,35,36)/t17-,24?/m1/s1. The number of aliphatic carboxylic acids is 1. The smallest absolute Gasteiger partial charge is 0.325 e. The zero-order chi connectivity index (χ0) is 25.2. The van der Waals surface area contributed by atoms with Crippen molar-refractivity contribution < 1.29 is 23.5 Å². The number of pyridine rings is 1. The molecule has 0 aliphatic carbocycles. The molecule has 1 fully saturated rings. The minimum absolute atomic E-state index is 0.146. The van der Waals surface area contributed by atoms with Crippen LogP contribution >= 0.6 is 0 Å². The normalized spacial score (nSPS) is 17.1. The van der Waals surface area contributed by atoms with Crippen LogP contribution < -0.4 is 5.32 Å². The van der Waals surface area contributed by atoms with E-state index in [4.69, 9.17) is 0 Å². The molecule has 2 aromatic carbocycles. The van der Waals surface area contributed by atoms with E-state index in [0.717, 1.165) is 28.6 Å². The lowest BCUT2D eigenvalue weighted by atomic mass is 9.98. The fourth-order valence-corrected chi connectivity index (χ4v) is 4.75. The van der Waals surface area contributed by atoms with Gasteiger partial charge in [0.1, 0.15) is 23.4 Å². The number of hydrogen-bond acceptors (Lipinski definition) is 5. The fraction of sp³-hybridized carbons (Fsp3) is 0.231. The van der Waals surface area contributed by atoms with Crippen molar-refractivity contribution >= 4 is 22.8 Å². The molecule has 0 radical (unpaired) electrons. The Morgan fingerprint density at radius 3 is 2.58 bits per heavy atom. The van der Waals surface area contributed by atoms with Gasteiger partial charge in [-0.1, -0.05) is 6.07 Å². The number of aromatic nitrogens is 3. The first-order valence-corrected chi connectivity index (χ1v) is 11.5. The van der Waals surface area contributed by atoms with Crippen molar-refractivity contribution in [1.29, 1.82) is 0 Å². The van der Waals surface area contributed by atoms with Crippen molar-refractivity contribution in [3.63, 3.8) is 0 Å². The van der Waals surface area contributed by atoms with Gasteiger partial charge in [-0.2, -0.15) is 5.10 Å². The summed E-state index contributed by atoms with van der Waals surface area (Å²) in [6.07, 6.45) is 4.51. The van der Waals surface area contributed by atoms with Crippen molar-refractivity contribution in [2.75, 3.05) is 13.1 Å². The Morgan fingerprint density at radius 1 is 1.11 bits per heavy atom. The van der Waals surface area contributed by atoms with Crippen LogP contribution in [0.15, 0.2) is 60.9 Å². The lowest BCUT2D eigenvalue weighted by molar-refractivity contribution is -0.144. The Balaban J connectivity index is 1.35. The van der Waals surface area contributed by atoms with Gasteiger partial charge in [0, 0.05) is 41.5 Å². The van der Waals surface area contributed by atoms with Crippen molar-refractivity contribution in [1.82, 2.24) is 25.4 Å². The second-order valence-electron chi connectivity index (χ2n) is 8.75. The molecule has 3 N–H and O–H groups in total. The lowest BCUT2D eigenvalue weighted by Gasteiger charge is -2.37. The highest BCUT2D eigenvalue weighted by Crippen LogP contribution is 2.30. The predicted octanol–water partition coefficient (Wildman–Crippen LogP) is 3.92. The number of rotatable bonds is 6. The number of halogens is 2. The predicted molar refractivity (Wildman–Crippen MR) is 128 cm³/mol. The van der Waals surface area contributed by atoms with E-state index in [1.807, 2.05) is 12.1 Å². The van der Waals surface area contributed by atoms with Crippen molar-refractivity contribution in [3.05, 3.63) is 83.7 Å². The summed E-state index contributed by atoms with van der Waals surface area (Å²) >= 11 is 0. The lowest BCUT2D eigenvalue weighted by Crippen LogP contribution is -2.50. The molecule has 1 unspecified atom stereocenters. The number of hydrogen-bond donors (Lipinski definition) is 3. The molecule has 4 aromatic rings. The van der Waals surface area contributed by atoms with Gasteiger partial charge in [0.15, 0.2) is 0 Å². The van der Waals surface area contributed by atoms with Gasteiger partial charge in [0.05, 0.1) is 11.1 Å². The van der Waals surface area contributed by atoms with Gasteiger partial charge in [0.2, 0.25) is 0 Å². The minimum atomic E-state index is -1.49.